The van der Waals surface area contributed by atoms with Gasteiger partial charge in [0, 0.05) is 11.1 Å². The molecule has 3 rings (SSSR count). The van der Waals surface area contributed by atoms with Gasteiger partial charge in [0.15, 0.2) is 0 Å². The van der Waals surface area contributed by atoms with E-state index in [2.05, 4.69) is 5.43 Å². The minimum absolute atomic E-state index is 0.320. The van der Waals surface area contributed by atoms with Crippen molar-refractivity contribution in [1.29, 1.82) is 0 Å². The number of hydrogen-bond donors (Lipinski definition) is 2. The van der Waals surface area contributed by atoms with Gasteiger partial charge in [-0.3, -0.25) is 11.3 Å². The van der Waals surface area contributed by atoms with Crippen LogP contribution in [0.4, 0.5) is 0 Å². The highest BCUT2D eigenvalue weighted by Gasteiger charge is 2.47. The largest absolute Gasteiger partial charge is 0.496 e. The number of halogens is 1. The summed E-state index contributed by atoms with van der Waals surface area (Å²) in [6.07, 6.45) is 4.96. The highest BCUT2D eigenvalue weighted by atomic mass is 35.5. The van der Waals surface area contributed by atoms with Crippen molar-refractivity contribution in [2.45, 2.75) is 31.7 Å². The molecule has 2 fully saturated rings. The molecule has 3 nitrogen and oxygen atoms in total. The molecule has 104 valence electrons. The van der Waals surface area contributed by atoms with Gasteiger partial charge in [0.05, 0.1) is 7.11 Å². The molecule has 1 aromatic rings. The van der Waals surface area contributed by atoms with Crippen molar-refractivity contribution < 1.29 is 4.74 Å². The second-order valence-electron chi connectivity index (χ2n) is 5.92. The molecule has 0 aliphatic heterocycles. The van der Waals surface area contributed by atoms with Crippen LogP contribution in [0, 0.1) is 17.8 Å². The molecule has 1 aromatic carbocycles. The van der Waals surface area contributed by atoms with E-state index in [1.54, 1.807) is 7.11 Å². The number of ether oxygens (including phenoxy) is 1. The highest BCUT2D eigenvalue weighted by Crippen LogP contribution is 2.55. The molecule has 0 amide bonds. The molecule has 3 N–H and O–H groups in total. The van der Waals surface area contributed by atoms with E-state index >= 15 is 0 Å². The van der Waals surface area contributed by atoms with Crippen molar-refractivity contribution in [3.63, 3.8) is 0 Å². The fourth-order valence-electron chi connectivity index (χ4n) is 3.60. The number of hydrazine groups is 1. The van der Waals surface area contributed by atoms with Crippen molar-refractivity contribution in [3.8, 4) is 5.75 Å². The van der Waals surface area contributed by atoms with Crippen LogP contribution in [0.5, 0.6) is 5.75 Å². The van der Waals surface area contributed by atoms with Gasteiger partial charge in [-0.05, 0) is 67.2 Å². The van der Waals surface area contributed by atoms with Crippen molar-refractivity contribution in [1.82, 2.24) is 5.43 Å². The predicted octanol–water partition coefficient (Wildman–Crippen LogP) is 2.77. The molecule has 2 saturated carbocycles. The summed E-state index contributed by atoms with van der Waals surface area (Å²) < 4.78 is 5.41. The summed E-state index contributed by atoms with van der Waals surface area (Å²) in [4.78, 5) is 0. The summed E-state index contributed by atoms with van der Waals surface area (Å²) in [5.74, 6) is 9.30. The fourth-order valence-corrected chi connectivity index (χ4v) is 3.79. The summed E-state index contributed by atoms with van der Waals surface area (Å²) >= 11 is 6.08. The van der Waals surface area contributed by atoms with Crippen LogP contribution in [0.2, 0.25) is 5.02 Å². The Kier molecular flexibility index (Phi) is 3.70. The lowest BCUT2D eigenvalue weighted by atomic mass is 9.90. The lowest BCUT2D eigenvalue weighted by Crippen LogP contribution is -2.42. The van der Waals surface area contributed by atoms with Gasteiger partial charge < -0.3 is 4.74 Å². The monoisotopic (exact) mass is 280 g/mol. The first kappa shape index (κ1) is 13.2. The number of nitrogens with one attached hydrogen (secondary N) is 1. The number of benzene rings is 1. The molecule has 3 atom stereocenters. The van der Waals surface area contributed by atoms with Crippen LogP contribution < -0.4 is 16.0 Å². The molecular formula is C15H21ClN2O. The maximum Gasteiger partial charge on any atom is 0.122 e. The highest BCUT2D eigenvalue weighted by molar-refractivity contribution is 6.30. The smallest absolute Gasteiger partial charge is 0.122 e. The Labute approximate surface area is 119 Å². The van der Waals surface area contributed by atoms with Crippen molar-refractivity contribution in [2.24, 2.45) is 23.6 Å². The quantitative estimate of drug-likeness (QED) is 0.644. The maximum absolute atomic E-state index is 6.08. The number of fused-ring (bicyclic) bond motifs is 1. The topological polar surface area (TPSA) is 47.3 Å². The average molecular weight is 281 g/mol. The lowest BCUT2D eigenvalue weighted by molar-refractivity contribution is 0.330. The third kappa shape index (κ3) is 2.73. The summed E-state index contributed by atoms with van der Waals surface area (Å²) in [7, 11) is 1.70. The Balaban J connectivity index is 1.73. The van der Waals surface area contributed by atoms with Crippen LogP contribution in [-0.2, 0) is 6.42 Å². The van der Waals surface area contributed by atoms with E-state index in [4.69, 9.17) is 22.2 Å². The molecule has 2 aliphatic rings. The van der Waals surface area contributed by atoms with E-state index < -0.39 is 0 Å². The van der Waals surface area contributed by atoms with Crippen LogP contribution in [0.15, 0.2) is 18.2 Å². The van der Waals surface area contributed by atoms with Crippen LogP contribution in [0.25, 0.3) is 0 Å². The first-order valence-corrected chi connectivity index (χ1v) is 7.37. The van der Waals surface area contributed by atoms with Crippen molar-refractivity contribution in [2.75, 3.05) is 7.11 Å². The van der Waals surface area contributed by atoms with Crippen LogP contribution in [-0.4, -0.2) is 13.2 Å². The third-order valence-corrected chi connectivity index (χ3v) is 4.98. The van der Waals surface area contributed by atoms with Gasteiger partial charge in [0.2, 0.25) is 0 Å². The second kappa shape index (κ2) is 5.31. The van der Waals surface area contributed by atoms with Gasteiger partial charge in [-0.25, -0.2) is 0 Å². The van der Waals surface area contributed by atoms with E-state index in [0.29, 0.717) is 12.0 Å². The van der Waals surface area contributed by atoms with Gasteiger partial charge in [0.1, 0.15) is 5.75 Å². The normalized spacial score (nSPS) is 29.9. The number of methoxy groups -OCH3 is 1. The number of rotatable bonds is 5. The van der Waals surface area contributed by atoms with E-state index in [1.165, 1.54) is 19.3 Å². The number of hydrogen-bond acceptors (Lipinski definition) is 3. The fraction of sp³-hybridized carbons (Fsp3) is 0.600. The molecule has 4 heteroatoms. The standard InChI is InChI=1S/C15H21ClN2O/c1-19-15-3-2-13(16)7-12(15)8-14(18-17)11-5-9-4-10(9)6-11/h2-3,7,9-11,14,18H,4-6,8,17H2,1H3. The Bertz CT molecular complexity index is 455. The predicted molar refractivity (Wildman–Crippen MR) is 77.1 cm³/mol. The Morgan fingerprint density at radius 2 is 2.11 bits per heavy atom. The molecule has 0 aromatic heterocycles. The zero-order chi connectivity index (χ0) is 13.4. The number of nitrogens with two attached hydrogens (primary N) is 1. The second-order valence-corrected chi connectivity index (χ2v) is 6.36. The Morgan fingerprint density at radius 3 is 2.74 bits per heavy atom. The molecule has 0 saturated heterocycles. The summed E-state index contributed by atoms with van der Waals surface area (Å²) in [5, 5.41) is 0.751. The zero-order valence-electron chi connectivity index (χ0n) is 11.2. The van der Waals surface area contributed by atoms with Crippen molar-refractivity contribution in [3.05, 3.63) is 28.8 Å². The molecule has 0 heterocycles. The van der Waals surface area contributed by atoms with Crippen molar-refractivity contribution >= 4 is 11.6 Å². The van der Waals surface area contributed by atoms with E-state index in [9.17, 15) is 0 Å². The van der Waals surface area contributed by atoms with E-state index in [1.807, 2.05) is 18.2 Å². The lowest BCUT2D eigenvalue weighted by Gasteiger charge is -2.25. The third-order valence-electron chi connectivity index (χ3n) is 4.75. The minimum atomic E-state index is 0.320. The van der Waals surface area contributed by atoms with Crippen LogP contribution in [0.3, 0.4) is 0 Å². The van der Waals surface area contributed by atoms with Crippen LogP contribution in [0.1, 0.15) is 24.8 Å². The molecule has 3 unspecified atom stereocenters. The molecule has 0 spiro atoms. The van der Waals surface area contributed by atoms with Gasteiger partial charge in [0.25, 0.3) is 0 Å². The van der Waals surface area contributed by atoms with Gasteiger partial charge in [-0.15, -0.1) is 0 Å². The Hall–Kier alpha value is -0.770. The summed E-state index contributed by atoms with van der Waals surface area (Å²) in [6, 6.07) is 6.09. The van der Waals surface area contributed by atoms with Crippen LogP contribution >= 0.6 is 11.6 Å². The molecule has 2 aliphatic carbocycles. The van der Waals surface area contributed by atoms with Gasteiger partial charge in [-0.1, -0.05) is 11.6 Å². The first-order valence-electron chi connectivity index (χ1n) is 6.99. The molecule has 19 heavy (non-hydrogen) atoms. The molecular weight excluding hydrogens is 260 g/mol. The SMILES string of the molecule is COc1ccc(Cl)cc1CC(NN)C1CC2CC2C1. The summed E-state index contributed by atoms with van der Waals surface area (Å²) in [6.45, 7) is 0. The zero-order valence-corrected chi connectivity index (χ0v) is 12.0. The first-order chi connectivity index (χ1) is 9.21. The summed E-state index contributed by atoms with van der Waals surface area (Å²) in [5.41, 5.74) is 4.14. The van der Waals surface area contributed by atoms with E-state index in [-0.39, 0.29) is 0 Å². The van der Waals surface area contributed by atoms with Gasteiger partial charge in [-0.2, -0.15) is 0 Å². The minimum Gasteiger partial charge on any atom is -0.496 e. The van der Waals surface area contributed by atoms with E-state index in [0.717, 1.165) is 34.6 Å². The average Bonchev–Trinajstić information content (AvgIpc) is 3.03. The Morgan fingerprint density at radius 1 is 1.37 bits per heavy atom. The molecule has 0 bridgehead atoms. The molecule has 0 radical (unpaired) electrons. The van der Waals surface area contributed by atoms with Gasteiger partial charge >= 0.3 is 0 Å². The maximum atomic E-state index is 6.08.